The molecule has 38 heavy (non-hydrogen) atoms. The second kappa shape index (κ2) is 10.9. The number of benzene rings is 1. The van der Waals surface area contributed by atoms with E-state index in [2.05, 4.69) is 25.8 Å². The number of ether oxygens (including phenoxy) is 3. The number of hydrogen-bond acceptors (Lipinski definition) is 9. The molecule has 11 heteroatoms. The van der Waals surface area contributed by atoms with Gasteiger partial charge in [-0.1, -0.05) is 23.5 Å². The van der Waals surface area contributed by atoms with Gasteiger partial charge >= 0.3 is 5.97 Å². The predicted octanol–water partition coefficient (Wildman–Crippen LogP) is 3.39. The summed E-state index contributed by atoms with van der Waals surface area (Å²) < 4.78 is 25.2. The molecule has 3 aromatic rings. The lowest BCUT2D eigenvalue weighted by atomic mass is 9.96. The summed E-state index contributed by atoms with van der Waals surface area (Å²) in [6, 6.07) is 8.46. The van der Waals surface area contributed by atoms with E-state index >= 15 is 0 Å². The monoisotopic (exact) mass is 601 g/mol. The van der Waals surface area contributed by atoms with Gasteiger partial charge in [0.25, 0.3) is 5.56 Å². The number of morpholine rings is 1. The summed E-state index contributed by atoms with van der Waals surface area (Å²) in [4.78, 5) is 34.3. The molecule has 1 atom stereocenters. The number of esters is 1. The van der Waals surface area contributed by atoms with Crippen LogP contribution in [0, 0.1) is 0 Å². The van der Waals surface area contributed by atoms with Crippen LogP contribution in [0.5, 0.6) is 5.75 Å². The van der Waals surface area contributed by atoms with Gasteiger partial charge in [-0.05, 0) is 54.4 Å². The Morgan fingerprint density at radius 3 is 2.61 bits per heavy atom. The highest BCUT2D eigenvalue weighted by Gasteiger charge is 2.34. The lowest BCUT2D eigenvalue weighted by Gasteiger charge is -2.26. The van der Waals surface area contributed by atoms with Crippen molar-refractivity contribution in [3.63, 3.8) is 0 Å². The molecule has 2 aliphatic rings. The van der Waals surface area contributed by atoms with Crippen molar-refractivity contribution in [2.45, 2.75) is 32.9 Å². The number of allylic oxidation sites excluding steroid dienone is 1. The Morgan fingerprint density at radius 1 is 1.24 bits per heavy atom. The molecule has 4 heterocycles. The fraction of sp³-hybridized carbons (Fsp3) is 0.370. The number of aromatic nitrogens is 1. The van der Waals surface area contributed by atoms with Gasteiger partial charge in [0.1, 0.15) is 11.5 Å². The van der Waals surface area contributed by atoms with Crippen LogP contribution in [0.3, 0.4) is 0 Å². The molecule has 0 N–H and O–H groups in total. The van der Waals surface area contributed by atoms with Gasteiger partial charge < -0.3 is 23.5 Å². The standard InChI is InChI=1S/C27H28BrN3O6S/c1-15(2)36-26(33)22-16(3)29-27-31(23(22)17-5-7-18(34-4)8-6-17)24(32)21(38-27)14-19-13-20(28)25(37-19)30-9-11-35-12-10-30/h5-8,13-15,23H,9-12H2,1-4H3. The molecular formula is C27H28BrN3O6S. The lowest BCUT2D eigenvalue weighted by molar-refractivity contribution is -0.143. The molecule has 0 radical (unpaired) electrons. The van der Waals surface area contributed by atoms with Crippen LogP contribution < -0.4 is 24.5 Å². The highest BCUT2D eigenvalue weighted by atomic mass is 79.9. The van der Waals surface area contributed by atoms with E-state index in [-0.39, 0.29) is 11.7 Å². The molecule has 0 aliphatic carbocycles. The second-order valence-electron chi connectivity index (χ2n) is 9.21. The molecule has 0 amide bonds. The van der Waals surface area contributed by atoms with Crippen LogP contribution in [0.1, 0.15) is 38.1 Å². The molecule has 1 fully saturated rings. The number of carbonyl (C=O) groups excluding carboxylic acids is 1. The minimum atomic E-state index is -0.696. The first-order valence-electron chi connectivity index (χ1n) is 12.3. The number of methoxy groups -OCH3 is 1. The number of carbonyl (C=O) groups is 1. The summed E-state index contributed by atoms with van der Waals surface area (Å²) in [7, 11) is 1.59. The van der Waals surface area contributed by atoms with Crippen LogP contribution in [-0.2, 0) is 14.3 Å². The van der Waals surface area contributed by atoms with Crippen molar-refractivity contribution in [1.29, 1.82) is 0 Å². The Labute approximate surface area is 231 Å². The van der Waals surface area contributed by atoms with Crippen molar-refractivity contribution in [3.8, 4) is 5.75 Å². The minimum absolute atomic E-state index is 0.266. The highest BCUT2D eigenvalue weighted by Crippen LogP contribution is 2.33. The van der Waals surface area contributed by atoms with Gasteiger partial charge in [0.2, 0.25) is 5.88 Å². The molecule has 9 nitrogen and oxygen atoms in total. The third-order valence-electron chi connectivity index (χ3n) is 6.28. The van der Waals surface area contributed by atoms with E-state index in [1.807, 2.05) is 18.2 Å². The lowest BCUT2D eigenvalue weighted by Crippen LogP contribution is -2.40. The van der Waals surface area contributed by atoms with Crippen LogP contribution in [0.4, 0.5) is 5.88 Å². The zero-order chi connectivity index (χ0) is 27.0. The Bertz CT molecular complexity index is 1560. The van der Waals surface area contributed by atoms with Crippen molar-refractivity contribution < 1.29 is 23.4 Å². The van der Waals surface area contributed by atoms with Gasteiger partial charge in [-0.15, -0.1) is 0 Å². The third-order valence-corrected chi connectivity index (χ3v) is 7.83. The Balaban J connectivity index is 1.62. The Hall–Kier alpha value is -3.15. The molecule has 1 unspecified atom stereocenters. The molecule has 200 valence electrons. The molecule has 0 saturated carbocycles. The zero-order valence-corrected chi connectivity index (χ0v) is 23.9. The first kappa shape index (κ1) is 26.5. The van der Waals surface area contributed by atoms with Crippen LogP contribution >= 0.6 is 27.3 Å². The predicted molar refractivity (Wildman–Crippen MR) is 147 cm³/mol. The zero-order valence-electron chi connectivity index (χ0n) is 21.5. The number of fused-ring (bicyclic) bond motifs is 1. The Kier molecular flexibility index (Phi) is 7.60. The average Bonchev–Trinajstić information content (AvgIpc) is 3.41. The maximum absolute atomic E-state index is 13.8. The number of halogens is 1. The van der Waals surface area contributed by atoms with Crippen molar-refractivity contribution in [2.24, 2.45) is 4.99 Å². The van der Waals surface area contributed by atoms with Gasteiger partial charge in [-0.25, -0.2) is 9.79 Å². The summed E-state index contributed by atoms with van der Waals surface area (Å²) in [5.41, 5.74) is 1.33. The molecule has 2 aromatic heterocycles. The van der Waals surface area contributed by atoms with E-state index in [1.165, 1.54) is 11.3 Å². The topological polar surface area (TPSA) is 95.5 Å². The van der Waals surface area contributed by atoms with E-state index in [4.69, 9.17) is 18.6 Å². The van der Waals surface area contributed by atoms with Crippen molar-refractivity contribution in [2.75, 3.05) is 38.3 Å². The quantitative estimate of drug-likeness (QED) is 0.400. The third kappa shape index (κ3) is 5.10. The largest absolute Gasteiger partial charge is 0.497 e. The van der Waals surface area contributed by atoms with Crippen LogP contribution in [0.2, 0.25) is 0 Å². The van der Waals surface area contributed by atoms with E-state index < -0.39 is 12.0 Å². The summed E-state index contributed by atoms with van der Waals surface area (Å²) in [5.74, 6) is 1.42. The molecular weight excluding hydrogens is 574 g/mol. The molecule has 2 aliphatic heterocycles. The van der Waals surface area contributed by atoms with E-state index in [0.29, 0.717) is 51.2 Å². The van der Waals surface area contributed by atoms with Crippen LogP contribution in [0.15, 0.2) is 60.3 Å². The van der Waals surface area contributed by atoms with Gasteiger partial charge in [0.15, 0.2) is 4.80 Å². The van der Waals surface area contributed by atoms with Gasteiger partial charge in [-0.3, -0.25) is 9.36 Å². The SMILES string of the molecule is COc1ccc(C2C(C(=O)OC(C)C)=C(C)N=c3sc(=Cc4cc(Br)c(N5CCOCC5)o4)c(=O)n32)cc1. The van der Waals surface area contributed by atoms with Crippen molar-refractivity contribution in [3.05, 3.63) is 77.1 Å². The second-order valence-corrected chi connectivity index (χ2v) is 11.1. The minimum Gasteiger partial charge on any atom is -0.497 e. The molecule has 1 saturated heterocycles. The number of thiazole rings is 1. The summed E-state index contributed by atoms with van der Waals surface area (Å²) in [6.07, 6.45) is 1.40. The van der Waals surface area contributed by atoms with E-state index in [9.17, 15) is 9.59 Å². The van der Waals surface area contributed by atoms with Crippen molar-refractivity contribution >= 4 is 45.2 Å². The molecule has 1 aromatic carbocycles. The normalized spacial score (nSPS) is 18.0. The van der Waals surface area contributed by atoms with Crippen LogP contribution in [0.25, 0.3) is 6.08 Å². The number of anilines is 1. The summed E-state index contributed by atoms with van der Waals surface area (Å²) in [6.45, 7) is 8.06. The van der Waals surface area contributed by atoms with Crippen molar-refractivity contribution in [1.82, 2.24) is 4.57 Å². The first-order valence-corrected chi connectivity index (χ1v) is 13.9. The highest BCUT2D eigenvalue weighted by molar-refractivity contribution is 9.10. The molecule has 0 bridgehead atoms. The van der Waals surface area contributed by atoms with Gasteiger partial charge in [0, 0.05) is 25.2 Å². The van der Waals surface area contributed by atoms with Gasteiger partial charge in [-0.2, -0.15) is 0 Å². The van der Waals surface area contributed by atoms with E-state index in [0.717, 1.165) is 23.1 Å². The number of nitrogens with zero attached hydrogens (tertiary/aromatic N) is 3. The van der Waals surface area contributed by atoms with Crippen LogP contribution in [-0.4, -0.2) is 50.1 Å². The maximum Gasteiger partial charge on any atom is 0.338 e. The first-order chi connectivity index (χ1) is 18.3. The summed E-state index contributed by atoms with van der Waals surface area (Å²) >= 11 is 4.83. The number of hydrogen-bond donors (Lipinski definition) is 0. The van der Waals surface area contributed by atoms with Gasteiger partial charge in [0.05, 0.1) is 52.7 Å². The van der Waals surface area contributed by atoms with E-state index in [1.54, 1.807) is 50.7 Å². The average molecular weight is 603 g/mol. The Morgan fingerprint density at radius 2 is 1.95 bits per heavy atom. The molecule has 0 spiro atoms. The fourth-order valence-corrected chi connectivity index (χ4v) is 6.10. The molecule has 5 rings (SSSR count). The number of furan rings is 1. The fourth-order valence-electron chi connectivity index (χ4n) is 4.52. The summed E-state index contributed by atoms with van der Waals surface area (Å²) in [5, 5.41) is 0. The number of rotatable bonds is 6. The maximum atomic E-state index is 13.8. The smallest absolute Gasteiger partial charge is 0.338 e.